The van der Waals surface area contributed by atoms with Gasteiger partial charge in [0.25, 0.3) is 0 Å². The molecule has 7 nitrogen and oxygen atoms in total. The Labute approximate surface area is 145 Å². The second kappa shape index (κ2) is 5.91. The van der Waals surface area contributed by atoms with Gasteiger partial charge in [0.1, 0.15) is 35.7 Å². The molecular weight excluding hydrogens is 320 g/mol. The molecule has 0 bridgehead atoms. The summed E-state index contributed by atoms with van der Waals surface area (Å²) >= 11 is 0. The van der Waals surface area contributed by atoms with E-state index in [2.05, 4.69) is 9.97 Å². The summed E-state index contributed by atoms with van der Waals surface area (Å²) < 4.78 is 12.7. The van der Waals surface area contributed by atoms with Crippen molar-refractivity contribution in [2.45, 2.75) is 39.8 Å². The second-order valence-corrected chi connectivity index (χ2v) is 6.97. The van der Waals surface area contributed by atoms with E-state index >= 15 is 0 Å². The lowest BCUT2D eigenvalue weighted by atomic mass is 10.1. The minimum atomic E-state index is -0.557. The number of rotatable bonds is 3. The number of anilines is 1. The summed E-state index contributed by atoms with van der Waals surface area (Å²) in [5, 5.41) is 1.61. The maximum absolute atomic E-state index is 12.4. The average molecular weight is 342 g/mol. The lowest BCUT2D eigenvalue weighted by Gasteiger charge is -2.20. The van der Waals surface area contributed by atoms with Crippen LogP contribution in [0, 0.1) is 6.92 Å². The highest BCUT2D eigenvalue weighted by Crippen LogP contribution is 2.35. The van der Waals surface area contributed by atoms with Crippen LogP contribution in [-0.2, 0) is 16.1 Å². The number of fused-ring (bicyclic) bond motifs is 3. The maximum atomic E-state index is 12.4. The molecule has 0 atom stereocenters. The molecule has 3 aromatic rings. The van der Waals surface area contributed by atoms with Gasteiger partial charge in [-0.3, -0.25) is 4.79 Å². The van der Waals surface area contributed by atoms with Crippen LogP contribution >= 0.6 is 0 Å². The van der Waals surface area contributed by atoms with Gasteiger partial charge in [-0.25, -0.2) is 9.97 Å². The third kappa shape index (κ3) is 3.09. The van der Waals surface area contributed by atoms with Gasteiger partial charge >= 0.3 is 5.97 Å². The number of methoxy groups -OCH3 is 1. The van der Waals surface area contributed by atoms with Crippen LogP contribution < -0.4 is 10.5 Å². The normalized spacial score (nSPS) is 11.9. The van der Waals surface area contributed by atoms with Crippen molar-refractivity contribution in [3.8, 4) is 5.75 Å². The van der Waals surface area contributed by atoms with Gasteiger partial charge in [-0.05, 0) is 39.3 Å². The number of aryl methyl sites for hydroxylation is 1. The molecule has 0 aliphatic carbocycles. The number of ether oxygens (including phenoxy) is 2. The minimum Gasteiger partial charge on any atom is -0.496 e. The van der Waals surface area contributed by atoms with E-state index < -0.39 is 5.60 Å². The fourth-order valence-electron chi connectivity index (χ4n) is 2.95. The first-order valence-corrected chi connectivity index (χ1v) is 8.00. The van der Waals surface area contributed by atoms with Crippen LogP contribution in [0.4, 0.5) is 5.82 Å². The summed E-state index contributed by atoms with van der Waals surface area (Å²) in [6.07, 6.45) is 1.40. The van der Waals surface area contributed by atoms with Crippen LogP contribution in [0.25, 0.3) is 21.9 Å². The van der Waals surface area contributed by atoms with Crippen molar-refractivity contribution in [1.29, 1.82) is 0 Å². The Bertz CT molecular complexity index is 970. The Balaban J connectivity index is 2.24. The third-order valence-electron chi connectivity index (χ3n) is 3.89. The van der Waals surface area contributed by atoms with Crippen LogP contribution in [0.3, 0.4) is 0 Å². The smallest absolute Gasteiger partial charge is 0.326 e. The molecule has 0 saturated carbocycles. The quantitative estimate of drug-likeness (QED) is 0.736. The summed E-state index contributed by atoms with van der Waals surface area (Å²) in [5.74, 6) is 0.762. The Morgan fingerprint density at radius 1 is 1.28 bits per heavy atom. The molecule has 2 aromatic heterocycles. The van der Waals surface area contributed by atoms with E-state index in [0.29, 0.717) is 11.5 Å². The summed E-state index contributed by atoms with van der Waals surface area (Å²) in [7, 11) is 1.61. The van der Waals surface area contributed by atoms with Crippen molar-refractivity contribution in [3.05, 3.63) is 24.0 Å². The van der Waals surface area contributed by atoms with Gasteiger partial charge in [0, 0.05) is 11.5 Å². The predicted molar refractivity (Wildman–Crippen MR) is 96.6 cm³/mol. The molecule has 0 saturated heterocycles. The highest BCUT2D eigenvalue weighted by Gasteiger charge is 2.21. The second-order valence-electron chi connectivity index (χ2n) is 6.97. The van der Waals surface area contributed by atoms with E-state index in [9.17, 15) is 4.79 Å². The van der Waals surface area contributed by atoms with Gasteiger partial charge < -0.3 is 19.8 Å². The Morgan fingerprint density at radius 2 is 2.00 bits per heavy atom. The van der Waals surface area contributed by atoms with Crippen molar-refractivity contribution >= 4 is 33.7 Å². The molecule has 0 spiro atoms. The summed E-state index contributed by atoms with van der Waals surface area (Å²) in [5.41, 5.74) is 7.89. The number of esters is 1. The van der Waals surface area contributed by atoms with E-state index in [0.717, 1.165) is 27.6 Å². The van der Waals surface area contributed by atoms with E-state index in [-0.39, 0.29) is 12.5 Å². The average Bonchev–Trinajstić information content (AvgIpc) is 2.79. The van der Waals surface area contributed by atoms with Crippen molar-refractivity contribution in [2.75, 3.05) is 12.8 Å². The zero-order chi connectivity index (χ0) is 18.4. The number of aromatic nitrogens is 3. The standard InChI is InChI=1S/C18H22N4O3/c1-10-6-11-12(7-13(10)24-5)22(8-14(23)25-18(2,3)4)17-15(11)16(19)20-9-21-17/h6-7,9H,8H2,1-5H3,(H2,19,20,21). The van der Waals surface area contributed by atoms with Crippen molar-refractivity contribution in [2.24, 2.45) is 0 Å². The van der Waals surface area contributed by atoms with Crippen LogP contribution in [-0.4, -0.2) is 33.2 Å². The number of hydrogen-bond acceptors (Lipinski definition) is 6. The summed E-state index contributed by atoms with van der Waals surface area (Å²) in [6.45, 7) is 7.49. The van der Waals surface area contributed by atoms with Gasteiger partial charge in [-0.15, -0.1) is 0 Å². The van der Waals surface area contributed by atoms with E-state index in [1.54, 1.807) is 11.7 Å². The van der Waals surface area contributed by atoms with E-state index in [1.807, 2.05) is 39.8 Å². The zero-order valence-corrected chi connectivity index (χ0v) is 15.1. The Hall–Kier alpha value is -2.83. The van der Waals surface area contributed by atoms with Gasteiger partial charge in [-0.1, -0.05) is 0 Å². The fraction of sp³-hybridized carbons (Fsp3) is 0.389. The van der Waals surface area contributed by atoms with Crippen molar-refractivity contribution in [3.63, 3.8) is 0 Å². The lowest BCUT2D eigenvalue weighted by molar-refractivity contribution is -0.155. The molecule has 1 aromatic carbocycles. The first kappa shape index (κ1) is 17.0. The van der Waals surface area contributed by atoms with Crippen LogP contribution in [0.15, 0.2) is 18.5 Å². The summed E-state index contributed by atoms with van der Waals surface area (Å²) in [4.78, 5) is 20.8. The molecule has 0 unspecified atom stereocenters. The molecule has 0 fully saturated rings. The lowest BCUT2D eigenvalue weighted by Crippen LogP contribution is -2.26. The molecule has 2 heterocycles. The number of nitrogens with zero attached hydrogens (tertiary/aromatic N) is 3. The van der Waals surface area contributed by atoms with E-state index in [4.69, 9.17) is 15.2 Å². The third-order valence-corrected chi connectivity index (χ3v) is 3.89. The molecule has 2 N–H and O–H groups in total. The highest BCUT2D eigenvalue weighted by molar-refractivity contribution is 6.12. The molecule has 0 radical (unpaired) electrons. The van der Waals surface area contributed by atoms with Gasteiger partial charge in [0.2, 0.25) is 0 Å². The number of nitrogens with two attached hydrogens (primary N) is 1. The highest BCUT2D eigenvalue weighted by atomic mass is 16.6. The predicted octanol–water partition coefficient (Wildman–Crippen LogP) is 2.83. The van der Waals surface area contributed by atoms with Crippen molar-refractivity contribution in [1.82, 2.24) is 14.5 Å². The maximum Gasteiger partial charge on any atom is 0.326 e. The molecule has 132 valence electrons. The van der Waals surface area contributed by atoms with Gasteiger partial charge in [0.15, 0.2) is 0 Å². The molecule has 25 heavy (non-hydrogen) atoms. The number of nitrogen functional groups attached to an aromatic ring is 1. The topological polar surface area (TPSA) is 92.3 Å². The Morgan fingerprint density at radius 3 is 2.64 bits per heavy atom. The SMILES string of the molecule is COc1cc2c(cc1C)c1c(N)ncnc1n2CC(=O)OC(C)(C)C. The summed E-state index contributed by atoms with van der Waals surface area (Å²) in [6, 6.07) is 3.86. The Kier molecular flexibility index (Phi) is 4.02. The van der Waals surface area contributed by atoms with Gasteiger partial charge in [-0.2, -0.15) is 0 Å². The van der Waals surface area contributed by atoms with Crippen molar-refractivity contribution < 1.29 is 14.3 Å². The van der Waals surface area contributed by atoms with Gasteiger partial charge in [0.05, 0.1) is 18.0 Å². The first-order valence-electron chi connectivity index (χ1n) is 8.00. The van der Waals surface area contributed by atoms with Crippen LogP contribution in [0.5, 0.6) is 5.75 Å². The number of carbonyl (C=O) groups excluding carboxylic acids is 1. The minimum absolute atomic E-state index is 0.0277. The van der Waals surface area contributed by atoms with Crippen LogP contribution in [0.1, 0.15) is 26.3 Å². The molecule has 0 amide bonds. The molecule has 3 rings (SSSR count). The first-order chi connectivity index (χ1) is 11.7. The molecule has 7 heteroatoms. The number of carbonyl (C=O) groups is 1. The zero-order valence-electron chi connectivity index (χ0n) is 15.1. The van der Waals surface area contributed by atoms with Crippen LogP contribution in [0.2, 0.25) is 0 Å². The molecule has 0 aliphatic heterocycles. The van der Waals surface area contributed by atoms with E-state index in [1.165, 1.54) is 6.33 Å². The fourth-order valence-corrected chi connectivity index (χ4v) is 2.95. The number of hydrogen-bond donors (Lipinski definition) is 1. The largest absolute Gasteiger partial charge is 0.496 e. The molecular formula is C18H22N4O3. The molecule has 0 aliphatic rings. The monoisotopic (exact) mass is 342 g/mol. The number of benzene rings is 1.